The topological polar surface area (TPSA) is 88.1 Å². The predicted octanol–water partition coefficient (Wildman–Crippen LogP) is 1.75. The van der Waals surface area contributed by atoms with Crippen LogP contribution in [0.3, 0.4) is 0 Å². The van der Waals surface area contributed by atoms with Crippen molar-refractivity contribution in [2.24, 2.45) is 0 Å². The van der Waals surface area contributed by atoms with E-state index in [1.807, 2.05) is 0 Å². The number of carbonyl (C=O) groups is 2. The number of nitrogens with zero attached hydrogens (tertiary/aromatic N) is 1. The molecule has 0 saturated carbocycles. The van der Waals surface area contributed by atoms with E-state index < -0.39 is 5.97 Å². The highest BCUT2D eigenvalue weighted by Crippen LogP contribution is 2.14. The molecule has 23 heavy (non-hydrogen) atoms. The van der Waals surface area contributed by atoms with Crippen LogP contribution in [-0.4, -0.2) is 62.0 Å². The number of nitrogens with one attached hydrogen (secondary N) is 1. The molecule has 0 saturated heterocycles. The average molecular weight is 345 g/mol. The average Bonchev–Trinajstić information content (AvgIpc) is 2.55. The summed E-state index contributed by atoms with van der Waals surface area (Å²) in [7, 11) is 1.30. The van der Waals surface area contributed by atoms with Gasteiger partial charge in [0.2, 0.25) is 0 Å². The van der Waals surface area contributed by atoms with E-state index in [2.05, 4.69) is 10.1 Å². The standard InChI is InChI=1S/C15H21ClN2O5/c1-22-14(20)6-7-18(8-10-23-11-9-19)15(21)17-13-4-2-12(16)3-5-13/h2-5,19H,6-11H2,1H3,(H,17,21). The van der Waals surface area contributed by atoms with Gasteiger partial charge in [-0.3, -0.25) is 4.79 Å². The van der Waals surface area contributed by atoms with Gasteiger partial charge in [-0.25, -0.2) is 4.79 Å². The lowest BCUT2D eigenvalue weighted by Crippen LogP contribution is -2.39. The minimum atomic E-state index is -0.398. The molecule has 1 aromatic rings. The molecule has 2 N–H and O–H groups in total. The van der Waals surface area contributed by atoms with Crippen LogP contribution in [0.25, 0.3) is 0 Å². The molecule has 0 radical (unpaired) electrons. The molecule has 0 aliphatic rings. The molecule has 0 atom stereocenters. The van der Waals surface area contributed by atoms with E-state index in [0.717, 1.165) is 0 Å². The Balaban J connectivity index is 2.58. The summed E-state index contributed by atoms with van der Waals surface area (Å²) in [5, 5.41) is 12.0. The Labute approximate surface area is 140 Å². The van der Waals surface area contributed by atoms with Crippen LogP contribution in [0.4, 0.5) is 10.5 Å². The first kappa shape index (κ1) is 19.2. The molecule has 0 heterocycles. The Morgan fingerprint density at radius 1 is 1.22 bits per heavy atom. The molecule has 7 nitrogen and oxygen atoms in total. The number of amides is 2. The lowest BCUT2D eigenvalue weighted by molar-refractivity contribution is -0.140. The van der Waals surface area contributed by atoms with Crippen molar-refractivity contribution in [1.82, 2.24) is 4.90 Å². The largest absolute Gasteiger partial charge is 0.469 e. The first-order valence-corrected chi connectivity index (χ1v) is 7.51. The number of halogens is 1. The number of anilines is 1. The Hall–Kier alpha value is -1.83. The molecular weight excluding hydrogens is 324 g/mol. The van der Waals surface area contributed by atoms with Gasteiger partial charge < -0.3 is 24.8 Å². The van der Waals surface area contributed by atoms with E-state index in [-0.39, 0.29) is 45.4 Å². The molecule has 2 amide bonds. The van der Waals surface area contributed by atoms with E-state index in [9.17, 15) is 9.59 Å². The van der Waals surface area contributed by atoms with Gasteiger partial charge in [0.25, 0.3) is 0 Å². The van der Waals surface area contributed by atoms with Gasteiger partial charge in [-0.05, 0) is 24.3 Å². The number of ether oxygens (including phenoxy) is 2. The van der Waals surface area contributed by atoms with Gasteiger partial charge in [-0.1, -0.05) is 11.6 Å². The molecule has 0 unspecified atom stereocenters. The van der Waals surface area contributed by atoms with Crippen LogP contribution in [-0.2, 0) is 14.3 Å². The highest BCUT2D eigenvalue weighted by Gasteiger charge is 2.15. The zero-order valence-corrected chi connectivity index (χ0v) is 13.7. The number of carbonyl (C=O) groups excluding carboxylic acids is 2. The quantitative estimate of drug-likeness (QED) is 0.526. The second-order valence-electron chi connectivity index (χ2n) is 4.59. The van der Waals surface area contributed by atoms with Crippen molar-refractivity contribution in [2.75, 3.05) is 45.3 Å². The number of methoxy groups -OCH3 is 1. The Kier molecular flexibility index (Phi) is 9.04. The number of urea groups is 1. The number of esters is 1. The van der Waals surface area contributed by atoms with E-state index in [1.165, 1.54) is 12.0 Å². The number of aliphatic hydroxyl groups excluding tert-OH is 1. The van der Waals surface area contributed by atoms with Gasteiger partial charge in [0.1, 0.15) is 0 Å². The van der Waals surface area contributed by atoms with Crippen LogP contribution < -0.4 is 5.32 Å². The molecule has 0 bridgehead atoms. The summed E-state index contributed by atoms with van der Waals surface area (Å²) in [6.45, 7) is 0.865. The third-order valence-corrected chi connectivity index (χ3v) is 3.19. The third-order valence-electron chi connectivity index (χ3n) is 2.94. The van der Waals surface area contributed by atoms with Crippen LogP contribution in [0.5, 0.6) is 0 Å². The number of aliphatic hydroxyl groups is 1. The van der Waals surface area contributed by atoms with Gasteiger partial charge in [-0.2, -0.15) is 0 Å². The number of hydrogen-bond acceptors (Lipinski definition) is 5. The first-order valence-electron chi connectivity index (χ1n) is 7.13. The molecule has 0 spiro atoms. The van der Waals surface area contributed by atoms with E-state index >= 15 is 0 Å². The normalized spacial score (nSPS) is 10.2. The minimum absolute atomic E-state index is 0.0842. The van der Waals surface area contributed by atoms with Crippen molar-refractivity contribution >= 4 is 29.3 Å². The fourth-order valence-electron chi connectivity index (χ4n) is 1.72. The molecule has 128 valence electrons. The van der Waals surface area contributed by atoms with Crippen molar-refractivity contribution in [3.8, 4) is 0 Å². The van der Waals surface area contributed by atoms with Crippen LogP contribution in [0.2, 0.25) is 5.02 Å². The lowest BCUT2D eigenvalue weighted by Gasteiger charge is -2.22. The summed E-state index contributed by atoms with van der Waals surface area (Å²) in [5.41, 5.74) is 0.596. The van der Waals surface area contributed by atoms with Crippen molar-refractivity contribution in [2.45, 2.75) is 6.42 Å². The summed E-state index contributed by atoms with van der Waals surface area (Å²) in [4.78, 5) is 25.0. The second-order valence-corrected chi connectivity index (χ2v) is 5.02. The Morgan fingerprint density at radius 2 is 1.91 bits per heavy atom. The molecule has 1 aromatic carbocycles. The van der Waals surface area contributed by atoms with Crippen molar-refractivity contribution < 1.29 is 24.2 Å². The van der Waals surface area contributed by atoms with E-state index in [1.54, 1.807) is 24.3 Å². The summed E-state index contributed by atoms with van der Waals surface area (Å²) in [6.07, 6.45) is 0.0878. The monoisotopic (exact) mass is 344 g/mol. The Bertz CT molecular complexity index is 495. The molecule has 0 aromatic heterocycles. The number of hydrogen-bond donors (Lipinski definition) is 2. The highest BCUT2D eigenvalue weighted by molar-refractivity contribution is 6.30. The zero-order valence-electron chi connectivity index (χ0n) is 13.0. The molecule has 8 heteroatoms. The Morgan fingerprint density at radius 3 is 2.52 bits per heavy atom. The fourth-order valence-corrected chi connectivity index (χ4v) is 1.85. The second kappa shape index (κ2) is 10.8. The summed E-state index contributed by atoms with van der Waals surface area (Å²) < 4.78 is 9.74. The molecular formula is C15H21ClN2O5. The van der Waals surface area contributed by atoms with Gasteiger partial charge in [0, 0.05) is 23.8 Å². The van der Waals surface area contributed by atoms with Crippen LogP contribution >= 0.6 is 11.6 Å². The van der Waals surface area contributed by atoms with Crippen molar-refractivity contribution in [3.05, 3.63) is 29.3 Å². The maximum Gasteiger partial charge on any atom is 0.321 e. The van der Waals surface area contributed by atoms with Crippen molar-refractivity contribution in [1.29, 1.82) is 0 Å². The SMILES string of the molecule is COC(=O)CCN(CCOCCO)C(=O)Nc1ccc(Cl)cc1. The maximum absolute atomic E-state index is 12.3. The van der Waals surface area contributed by atoms with Gasteiger partial charge in [-0.15, -0.1) is 0 Å². The van der Waals surface area contributed by atoms with E-state index in [4.69, 9.17) is 21.4 Å². The van der Waals surface area contributed by atoms with Crippen LogP contribution in [0.15, 0.2) is 24.3 Å². The summed E-state index contributed by atoms with van der Waals surface area (Å²) in [6, 6.07) is 6.34. The zero-order chi connectivity index (χ0) is 17.1. The molecule has 0 fully saturated rings. The highest BCUT2D eigenvalue weighted by atomic mass is 35.5. The predicted molar refractivity (Wildman–Crippen MR) is 86.6 cm³/mol. The van der Waals surface area contributed by atoms with Gasteiger partial charge in [0.15, 0.2) is 0 Å². The summed E-state index contributed by atoms with van der Waals surface area (Å²) >= 11 is 5.80. The first-order chi connectivity index (χ1) is 11.1. The molecule has 0 aliphatic heterocycles. The van der Waals surface area contributed by atoms with Crippen molar-refractivity contribution in [3.63, 3.8) is 0 Å². The van der Waals surface area contributed by atoms with Crippen LogP contribution in [0.1, 0.15) is 6.42 Å². The number of benzene rings is 1. The van der Waals surface area contributed by atoms with E-state index in [0.29, 0.717) is 10.7 Å². The lowest BCUT2D eigenvalue weighted by atomic mass is 10.3. The molecule has 0 aliphatic carbocycles. The van der Waals surface area contributed by atoms with Gasteiger partial charge >= 0.3 is 12.0 Å². The smallest absolute Gasteiger partial charge is 0.321 e. The number of rotatable bonds is 9. The fraction of sp³-hybridized carbons (Fsp3) is 0.467. The van der Waals surface area contributed by atoms with Gasteiger partial charge in [0.05, 0.1) is 33.4 Å². The summed E-state index contributed by atoms with van der Waals surface area (Å²) in [5.74, 6) is -0.398. The third kappa shape index (κ3) is 7.83. The molecule has 1 rings (SSSR count). The van der Waals surface area contributed by atoms with Crippen LogP contribution in [0, 0.1) is 0 Å². The maximum atomic E-state index is 12.3. The minimum Gasteiger partial charge on any atom is -0.469 e.